The molecule has 0 aromatic carbocycles. The molecule has 18 heavy (non-hydrogen) atoms. The maximum atomic E-state index is 11.9. The third-order valence-corrected chi connectivity index (χ3v) is 2.35. The van der Waals surface area contributed by atoms with Crippen molar-refractivity contribution in [2.24, 2.45) is 0 Å². The van der Waals surface area contributed by atoms with Crippen LogP contribution < -0.4 is 10.5 Å². The molecule has 0 unspecified atom stereocenters. The lowest BCUT2D eigenvalue weighted by Crippen LogP contribution is -2.08. The van der Waals surface area contributed by atoms with Crippen LogP contribution in [0.25, 0.3) is 0 Å². The van der Waals surface area contributed by atoms with Gasteiger partial charge in [0.2, 0.25) is 5.88 Å². The van der Waals surface area contributed by atoms with Crippen molar-refractivity contribution in [1.82, 2.24) is 15.2 Å². The highest BCUT2D eigenvalue weighted by atomic mass is 16.5. The fourth-order valence-electron chi connectivity index (χ4n) is 1.46. The molecule has 0 spiro atoms. The van der Waals surface area contributed by atoms with Crippen LogP contribution in [0, 0.1) is 0 Å². The SMILES string of the molecule is COc1ccc(C(=O)Cc2ccnc(N)c2)nn1. The summed E-state index contributed by atoms with van der Waals surface area (Å²) >= 11 is 0. The Kier molecular flexibility index (Phi) is 3.47. The number of pyridine rings is 1. The molecule has 0 saturated heterocycles. The average molecular weight is 244 g/mol. The lowest BCUT2D eigenvalue weighted by atomic mass is 10.1. The van der Waals surface area contributed by atoms with Gasteiger partial charge < -0.3 is 10.5 Å². The number of carbonyl (C=O) groups excluding carboxylic acids is 1. The summed E-state index contributed by atoms with van der Waals surface area (Å²) < 4.78 is 4.87. The van der Waals surface area contributed by atoms with Crippen LogP contribution in [0.4, 0.5) is 5.82 Å². The van der Waals surface area contributed by atoms with Crippen LogP contribution in [0.5, 0.6) is 5.88 Å². The van der Waals surface area contributed by atoms with Crippen molar-refractivity contribution in [3.05, 3.63) is 41.7 Å². The number of nitrogens with zero attached hydrogens (tertiary/aromatic N) is 3. The van der Waals surface area contributed by atoms with E-state index in [1.807, 2.05) is 0 Å². The smallest absolute Gasteiger partial charge is 0.233 e. The van der Waals surface area contributed by atoms with Gasteiger partial charge >= 0.3 is 0 Å². The van der Waals surface area contributed by atoms with E-state index in [1.165, 1.54) is 7.11 Å². The normalized spacial score (nSPS) is 10.1. The summed E-state index contributed by atoms with van der Waals surface area (Å²) in [5.41, 5.74) is 6.64. The zero-order valence-electron chi connectivity index (χ0n) is 9.83. The number of Topliss-reactive ketones (excluding diaryl/α,β-unsaturated/α-hetero) is 1. The van der Waals surface area contributed by atoms with Crippen molar-refractivity contribution in [3.8, 4) is 5.88 Å². The number of hydrogen-bond donors (Lipinski definition) is 1. The molecule has 92 valence electrons. The second kappa shape index (κ2) is 5.22. The van der Waals surface area contributed by atoms with Crippen LogP contribution in [0.2, 0.25) is 0 Å². The zero-order chi connectivity index (χ0) is 13.0. The first kappa shape index (κ1) is 12.0. The molecule has 0 amide bonds. The van der Waals surface area contributed by atoms with Gasteiger partial charge in [0.25, 0.3) is 0 Å². The Balaban J connectivity index is 2.11. The monoisotopic (exact) mass is 244 g/mol. The Labute approximate surface area is 104 Å². The number of ketones is 1. The molecule has 6 nitrogen and oxygen atoms in total. The van der Waals surface area contributed by atoms with Gasteiger partial charge in [-0.05, 0) is 23.8 Å². The Morgan fingerprint density at radius 3 is 2.78 bits per heavy atom. The van der Waals surface area contributed by atoms with Crippen molar-refractivity contribution in [3.63, 3.8) is 0 Å². The summed E-state index contributed by atoms with van der Waals surface area (Å²) in [5, 5.41) is 7.54. The van der Waals surface area contributed by atoms with E-state index in [0.29, 0.717) is 17.4 Å². The van der Waals surface area contributed by atoms with Crippen LogP contribution in [0.1, 0.15) is 16.1 Å². The third-order valence-electron chi connectivity index (χ3n) is 2.35. The standard InChI is InChI=1S/C12H12N4O2/c1-18-12-3-2-9(15-16-12)10(17)6-8-4-5-14-11(13)7-8/h2-5,7H,6H2,1H3,(H2,13,14). The van der Waals surface area contributed by atoms with E-state index in [9.17, 15) is 4.79 Å². The first-order valence-corrected chi connectivity index (χ1v) is 5.30. The fourth-order valence-corrected chi connectivity index (χ4v) is 1.46. The van der Waals surface area contributed by atoms with Crippen molar-refractivity contribution in [2.75, 3.05) is 12.8 Å². The third kappa shape index (κ3) is 2.79. The van der Waals surface area contributed by atoms with Gasteiger partial charge in [-0.25, -0.2) is 4.98 Å². The molecular weight excluding hydrogens is 232 g/mol. The zero-order valence-corrected chi connectivity index (χ0v) is 9.83. The molecule has 2 aromatic heterocycles. The number of nitrogen functional groups attached to an aromatic ring is 1. The lowest BCUT2D eigenvalue weighted by molar-refractivity contribution is 0.0987. The Bertz CT molecular complexity index is 554. The summed E-state index contributed by atoms with van der Waals surface area (Å²) in [4.78, 5) is 15.8. The maximum absolute atomic E-state index is 11.9. The van der Waals surface area contributed by atoms with Gasteiger partial charge in [-0.2, -0.15) is 0 Å². The van der Waals surface area contributed by atoms with Crippen LogP contribution in [0.15, 0.2) is 30.5 Å². The Hall–Kier alpha value is -2.50. The molecule has 0 radical (unpaired) electrons. The van der Waals surface area contributed by atoms with E-state index in [4.69, 9.17) is 10.5 Å². The second-order valence-corrected chi connectivity index (χ2v) is 3.65. The molecule has 0 saturated carbocycles. The number of hydrogen-bond acceptors (Lipinski definition) is 6. The number of aromatic nitrogens is 3. The highest BCUT2D eigenvalue weighted by Crippen LogP contribution is 2.09. The Morgan fingerprint density at radius 2 is 2.17 bits per heavy atom. The minimum Gasteiger partial charge on any atom is -0.480 e. The van der Waals surface area contributed by atoms with Gasteiger partial charge in [-0.1, -0.05) is 0 Å². The van der Waals surface area contributed by atoms with E-state index in [-0.39, 0.29) is 12.2 Å². The molecule has 0 aliphatic heterocycles. The lowest BCUT2D eigenvalue weighted by Gasteiger charge is -2.02. The number of ether oxygens (including phenoxy) is 1. The molecule has 2 aromatic rings. The minimum absolute atomic E-state index is 0.129. The van der Waals surface area contributed by atoms with Crippen molar-refractivity contribution in [1.29, 1.82) is 0 Å². The van der Waals surface area contributed by atoms with Gasteiger partial charge in [-0.3, -0.25) is 4.79 Å². The largest absolute Gasteiger partial charge is 0.480 e. The molecular formula is C12H12N4O2. The Morgan fingerprint density at radius 1 is 1.33 bits per heavy atom. The fraction of sp³-hybridized carbons (Fsp3) is 0.167. The maximum Gasteiger partial charge on any atom is 0.233 e. The highest BCUT2D eigenvalue weighted by Gasteiger charge is 2.10. The molecule has 2 N–H and O–H groups in total. The van der Waals surface area contributed by atoms with Crippen LogP contribution >= 0.6 is 0 Å². The van der Waals surface area contributed by atoms with Gasteiger partial charge in [0.05, 0.1) is 7.11 Å². The molecule has 0 aliphatic rings. The van der Waals surface area contributed by atoms with E-state index < -0.39 is 0 Å². The first-order chi connectivity index (χ1) is 8.69. The summed E-state index contributed by atoms with van der Waals surface area (Å²) in [6.45, 7) is 0. The number of rotatable bonds is 4. The molecule has 0 aliphatic carbocycles. The van der Waals surface area contributed by atoms with Crippen LogP contribution in [-0.4, -0.2) is 28.1 Å². The predicted octanol–water partition coefficient (Wildman–Crippen LogP) is 0.888. The number of carbonyl (C=O) groups is 1. The molecule has 6 heteroatoms. The summed E-state index contributed by atoms with van der Waals surface area (Å²) in [6, 6.07) is 6.58. The molecule has 0 bridgehead atoms. The second-order valence-electron chi connectivity index (χ2n) is 3.65. The van der Waals surface area contributed by atoms with Crippen molar-refractivity contribution in [2.45, 2.75) is 6.42 Å². The van der Waals surface area contributed by atoms with Crippen LogP contribution in [-0.2, 0) is 6.42 Å². The molecule has 2 rings (SSSR count). The number of nitrogens with two attached hydrogens (primary N) is 1. The average Bonchev–Trinajstić information content (AvgIpc) is 2.39. The van der Waals surface area contributed by atoms with E-state index in [2.05, 4.69) is 15.2 Å². The van der Waals surface area contributed by atoms with Crippen LogP contribution in [0.3, 0.4) is 0 Å². The molecule has 2 heterocycles. The minimum atomic E-state index is -0.129. The van der Waals surface area contributed by atoms with Gasteiger partial charge in [-0.15, -0.1) is 10.2 Å². The number of anilines is 1. The van der Waals surface area contributed by atoms with E-state index in [0.717, 1.165) is 5.56 Å². The summed E-state index contributed by atoms with van der Waals surface area (Å²) in [7, 11) is 1.49. The quantitative estimate of drug-likeness (QED) is 0.803. The van der Waals surface area contributed by atoms with Crippen molar-refractivity contribution < 1.29 is 9.53 Å². The first-order valence-electron chi connectivity index (χ1n) is 5.30. The number of methoxy groups -OCH3 is 1. The van der Waals surface area contributed by atoms with E-state index in [1.54, 1.807) is 30.5 Å². The van der Waals surface area contributed by atoms with Crippen molar-refractivity contribution >= 4 is 11.6 Å². The topological polar surface area (TPSA) is 91.0 Å². The molecule has 0 fully saturated rings. The van der Waals surface area contributed by atoms with Gasteiger partial charge in [0.1, 0.15) is 11.5 Å². The summed E-state index contributed by atoms with van der Waals surface area (Å²) in [5.74, 6) is 0.636. The molecule has 0 atom stereocenters. The predicted molar refractivity (Wildman–Crippen MR) is 65.3 cm³/mol. The highest BCUT2D eigenvalue weighted by molar-refractivity contribution is 5.95. The van der Waals surface area contributed by atoms with Gasteiger partial charge in [0, 0.05) is 18.7 Å². The summed E-state index contributed by atoms with van der Waals surface area (Å²) in [6.07, 6.45) is 1.78. The van der Waals surface area contributed by atoms with E-state index >= 15 is 0 Å². The van der Waals surface area contributed by atoms with Gasteiger partial charge in [0.15, 0.2) is 5.78 Å².